The van der Waals surface area contributed by atoms with E-state index in [2.05, 4.69) is 30.6 Å². The zero-order valence-corrected chi connectivity index (χ0v) is 35.7. The number of carbonyl (C=O) groups excluding carboxylic acids is 4. The minimum absolute atomic E-state index is 0.104. The van der Waals surface area contributed by atoms with Crippen LogP contribution in [0.5, 0.6) is 0 Å². The fourth-order valence-corrected chi connectivity index (χ4v) is 7.98. The van der Waals surface area contributed by atoms with Gasteiger partial charge in [0.1, 0.15) is 17.7 Å². The Morgan fingerprint density at radius 2 is 1.30 bits per heavy atom. The molecule has 16 nitrogen and oxygen atoms in total. The summed E-state index contributed by atoms with van der Waals surface area (Å²) < 4.78 is 16.0. The van der Waals surface area contributed by atoms with Crippen LogP contribution in [0.4, 0.5) is 4.79 Å². The summed E-state index contributed by atoms with van der Waals surface area (Å²) in [6.45, 7) is 8.05. The Morgan fingerprint density at radius 3 is 1.79 bits per heavy atom. The number of carbonyl (C=O) groups is 4. The minimum Gasteiger partial charge on any atom is -0.444 e. The SMILES string of the molecule is COC[C@H]1C[C@@H](C(=O)NCc2cc3cnccc3[nH]2)N(C(=O)OC(C)(C)C)C1.COC[C@H]1C[C@@H](C(=O)NCc2cc3cnccc3[nH]2)N(C(=O)[C@H](N)CCc2ccccc2)C1. The Hall–Kier alpha value is -5.84. The van der Waals surface area contributed by atoms with Crippen molar-refractivity contribution in [1.29, 1.82) is 0 Å². The van der Waals surface area contributed by atoms with Gasteiger partial charge in [-0.2, -0.15) is 0 Å². The van der Waals surface area contributed by atoms with Gasteiger partial charge in [0.05, 0.1) is 32.3 Å². The summed E-state index contributed by atoms with van der Waals surface area (Å²) in [5.41, 5.74) is 10.5. The van der Waals surface area contributed by atoms with Gasteiger partial charge in [0, 0.05) is 97.1 Å². The molecular weight excluding hydrogens is 779 g/mol. The van der Waals surface area contributed by atoms with Gasteiger partial charge in [-0.3, -0.25) is 29.3 Å². The minimum atomic E-state index is -0.650. The number of aromatic amines is 2. The first-order valence-corrected chi connectivity index (χ1v) is 20.8. The van der Waals surface area contributed by atoms with Crippen molar-refractivity contribution < 1.29 is 33.4 Å². The summed E-state index contributed by atoms with van der Waals surface area (Å²) in [7, 11) is 3.26. The number of aromatic nitrogens is 4. The van der Waals surface area contributed by atoms with Crippen molar-refractivity contribution in [1.82, 2.24) is 40.4 Å². The van der Waals surface area contributed by atoms with Gasteiger partial charge >= 0.3 is 6.09 Å². The largest absolute Gasteiger partial charge is 0.444 e. The molecule has 0 bridgehead atoms. The van der Waals surface area contributed by atoms with Crippen LogP contribution in [-0.2, 0) is 48.1 Å². The van der Waals surface area contributed by atoms with Gasteiger partial charge < -0.3 is 45.4 Å². The molecule has 4 aromatic heterocycles. The van der Waals surface area contributed by atoms with E-state index in [1.165, 1.54) is 4.90 Å². The predicted octanol–water partition coefficient (Wildman–Crippen LogP) is 4.45. The molecule has 326 valence electrons. The molecule has 1 aromatic carbocycles. The normalized spacial score (nSPS) is 19.4. The van der Waals surface area contributed by atoms with Crippen molar-refractivity contribution >= 4 is 45.6 Å². The second-order valence-corrected chi connectivity index (χ2v) is 16.9. The second-order valence-electron chi connectivity index (χ2n) is 16.9. The molecule has 7 rings (SSSR count). The van der Waals surface area contributed by atoms with Crippen LogP contribution in [0.15, 0.2) is 79.4 Å². The third-order valence-electron chi connectivity index (χ3n) is 10.9. The Balaban J connectivity index is 0.000000207. The van der Waals surface area contributed by atoms with Crippen LogP contribution >= 0.6 is 0 Å². The molecule has 16 heteroatoms. The summed E-state index contributed by atoms with van der Waals surface area (Å²) in [5, 5.41) is 7.89. The average molecular weight is 838 g/mol. The number of H-pyrrole nitrogens is 2. The van der Waals surface area contributed by atoms with Gasteiger partial charge in [0.15, 0.2) is 0 Å². The summed E-state index contributed by atoms with van der Waals surface area (Å²) >= 11 is 0. The molecule has 6 N–H and O–H groups in total. The van der Waals surface area contributed by atoms with E-state index in [0.29, 0.717) is 58.7 Å². The fourth-order valence-electron chi connectivity index (χ4n) is 7.98. The highest BCUT2D eigenvalue weighted by Crippen LogP contribution is 2.27. The van der Waals surface area contributed by atoms with Crippen LogP contribution in [0.25, 0.3) is 21.8 Å². The average Bonchev–Trinajstić information content (AvgIpc) is 4.06. The van der Waals surface area contributed by atoms with E-state index in [1.54, 1.807) is 43.9 Å². The predicted molar refractivity (Wildman–Crippen MR) is 231 cm³/mol. The monoisotopic (exact) mass is 837 g/mol. The van der Waals surface area contributed by atoms with E-state index in [-0.39, 0.29) is 29.6 Å². The molecule has 4 amide bonds. The number of likely N-dealkylation sites (tertiary alicyclic amines) is 2. The number of benzene rings is 1. The molecule has 5 aromatic rings. The Kier molecular flexibility index (Phi) is 15.1. The summed E-state index contributed by atoms with van der Waals surface area (Å²) in [4.78, 5) is 69.6. The number of nitrogens with one attached hydrogen (secondary N) is 4. The lowest BCUT2D eigenvalue weighted by Crippen LogP contribution is -2.51. The van der Waals surface area contributed by atoms with Crippen LogP contribution in [0, 0.1) is 11.8 Å². The van der Waals surface area contributed by atoms with Crippen LogP contribution in [-0.4, -0.2) is 118 Å². The summed E-state index contributed by atoms with van der Waals surface area (Å²) in [6, 6.07) is 15.9. The van der Waals surface area contributed by atoms with E-state index in [9.17, 15) is 19.2 Å². The standard InChI is InChI=1S/C25H31N5O3.C20H28N4O4/c1-33-16-18-11-23(24(31)28-14-20-12-19-13-27-10-9-22(19)29-20)30(15-18)25(32)21(26)8-7-17-5-3-2-4-6-17;1-20(2,3)28-19(26)24-11-13(12-27-4)7-17(24)18(25)22-10-15-8-14-9-21-6-5-16(14)23-15/h2-6,9-10,12-13,18,21,23,29H,7-8,11,14-16,26H2,1H3,(H,28,31);5-6,8-9,13,17,23H,7,10-12H2,1-4H3,(H,22,25)/t18-,21+,23-;13-,17-/m00/s1. The molecular formula is C45H59N9O7. The van der Waals surface area contributed by atoms with Crippen LogP contribution in [0.3, 0.4) is 0 Å². The molecule has 2 saturated heterocycles. The lowest BCUT2D eigenvalue weighted by Gasteiger charge is -2.28. The number of ether oxygens (including phenoxy) is 3. The molecule has 61 heavy (non-hydrogen) atoms. The number of rotatable bonds is 14. The van der Waals surface area contributed by atoms with Gasteiger partial charge in [-0.15, -0.1) is 0 Å². The Labute approximate surface area is 356 Å². The van der Waals surface area contributed by atoms with Crippen molar-refractivity contribution in [2.45, 2.75) is 83.3 Å². The number of hydrogen-bond acceptors (Lipinski definition) is 10. The molecule has 0 unspecified atom stereocenters. The molecule has 0 aliphatic carbocycles. The molecule has 2 aliphatic heterocycles. The van der Waals surface area contributed by atoms with Gasteiger partial charge in [-0.05, 0) is 76.3 Å². The van der Waals surface area contributed by atoms with Crippen molar-refractivity contribution in [3.05, 3.63) is 96.3 Å². The third-order valence-corrected chi connectivity index (χ3v) is 10.9. The molecule has 2 fully saturated rings. The van der Waals surface area contributed by atoms with E-state index in [1.807, 2.05) is 75.4 Å². The number of pyridine rings is 2. The number of methoxy groups -OCH3 is 2. The van der Waals surface area contributed by atoms with E-state index < -0.39 is 29.8 Å². The highest BCUT2D eigenvalue weighted by molar-refractivity contribution is 5.90. The van der Waals surface area contributed by atoms with E-state index in [0.717, 1.165) is 45.2 Å². The first-order valence-electron chi connectivity index (χ1n) is 20.8. The first-order chi connectivity index (χ1) is 29.3. The molecule has 0 saturated carbocycles. The van der Waals surface area contributed by atoms with Gasteiger partial charge in [-0.1, -0.05) is 30.3 Å². The molecule has 6 heterocycles. The van der Waals surface area contributed by atoms with Crippen molar-refractivity contribution in [3.8, 4) is 0 Å². The van der Waals surface area contributed by atoms with Gasteiger partial charge in [-0.25, -0.2) is 4.79 Å². The number of nitrogens with zero attached hydrogens (tertiary/aromatic N) is 4. The fraction of sp³-hybridized carbons (Fsp3) is 0.467. The first kappa shape index (κ1) is 44.7. The van der Waals surface area contributed by atoms with E-state index >= 15 is 0 Å². The maximum atomic E-state index is 13.2. The zero-order chi connectivity index (χ0) is 43.5. The smallest absolute Gasteiger partial charge is 0.410 e. The topological polar surface area (TPSA) is 210 Å². The van der Waals surface area contributed by atoms with Crippen molar-refractivity contribution in [2.24, 2.45) is 17.6 Å². The Bertz CT molecular complexity index is 2170. The van der Waals surface area contributed by atoms with Crippen molar-refractivity contribution in [3.63, 3.8) is 0 Å². The highest BCUT2D eigenvalue weighted by Gasteiger charge is 2.42. The van der Waals surface area contributed by atoms with Gasteiger partial charge in [0.25, 0.3) is 0 Å². The number of hydrogen-bond donors (Lipinski definition) is 5. The van der Waals surface area contributed by atoms with Crippen molar-refractivity contribution in [2.75, 3.05) is 40.5 Å². The van der Waals surface area contributed by atoms with Gasteiger partial charge in [0.2, 0.25) is 17.7 Å². The molecule has 0 radical (unpaired) electrons. The number of amides is 4. The zero-order valence-electron chi connectivity index (χ0n) is 35.7. The lowest BCUT2D eigenvalue weighted by atomic mass is 10.0. The van der Waals surface area contributed by atoms with E-state index in [4.69, 9.17) is 19.9 Å². The Morgan fingerprint density at radius 1 is 0.787 bits per heavy atom. The van der Waals surface area contributed by atoms with Crippen LogP contribution < -0.4 is 16.4 Å². The number of aryl methyl sites for hydroxylation is 1. The molecule has 2 aliphatic rings. The number of nitrogens with two attached hydrogens (primary N) is 1. The highest BCUT2D eigenvalue weighted by atomic mass is 16.6. The van der Waals surface area contributed by atoms with Crippen LogP contribution in [0.1, 0.15) is 57.0 Å². The number of fused-ring (bicyclic) bond motifs is 2. The van der Waals surface area contributed by atoms with Crippen LogP contribution in [0.2, 0.25) is 0 Å². The maximum absolute atomic E-state index is 13.2. The quantitative estimate of drug-likeness (QED) is 0.106. The molecule has 5 atom stereocenters. The summed E-state index contributed by atoms with van der Waals surface area (Å²) in [6.07, 6.45) is 8.88. The molecule has 0 spiro atoms. The lowest BCUT2D eigenvalue weighted by molar-refractivity contribution is -0.139. The summed E-state index contributed by atoms with van der Waals surface area (Å²) in [5.74, 6) is -0.334. The maximum Gasteiger partial charge on any atom is 0.410 e. The second kappa shape index (κ2) is 20.6. The third kappa shape index (κ3) is 12.1.